The molecule has 38 heavy (non-hydrogen) atoms. The molecule has 0 radical (unpaired) electrons. The molecule has 0 aromatic heterocycles. The van der Waals surface area contributed by atoms with Crippen LogP contribution in [0.15, 0.2) is 115 Å². The van der Waals surface area contributed by atoms with Gasteiger partial charge in [-0.1, -0.05) is 103 Å². The number of hydrogen-bond donors (Lipinski definition) is 0. The van der Waals surface area contributed by atoms with E-state index in [-0.39, 0.29) is 30.2 Å². The molecule has 1 atom stereocenters. The Kier molecular flexibility index (Phi) is 8.83. The highest BCUT2D eigenvalue weighted by Gasteiger charge is 2.26. The van der Waals surface area contributed by atoms with Crippen molar-refractivity contribution in [1.29, 1.82) is 0 Å². The van der Waals surface area contributed by atoms with Crippen molar-refractivity contribution in [1.82, 2.24) is 9.80 Å². The Morgan fingerprint density at radius 3 is 1.63 bits per heavy atom. The van der Waals surface area contributed by atoms with E-state index in [2.05, 4.69) is 0 Å². The predicted molar refractivity (Wildman–Crippen MR) is 149 cm³/mol. The minimum absolute atomic E-state index is 0.0632. The normalized spacial score (nSPS) is 11.4. The number of hydrogen-bond acceptors (Lipinski definition) is 3. The molecule has 5 nitrogen and oxygen atoms in total. The third kappa shape index (κ3) is 6.83. The molecule has 4 rings (SSSR count). The van der Waals surface area contributed by atoms with Gasteiger partial charge in [0.2, 0.25) is 5.91 Å². The van der Waals surface area contributed by atoms with E-state index in [9.17, 15) is 14.4 Å². The lowest BCUT2D eigenvalue weighted by Crippen LogP contribution is -2.43. The summed E-state index contributed by atoms with van der Waals surface area (Å²) in [6.07, 6.45) is 0. The Morgan fingerprint density at radius 1 is 0.632 bits per heavy atom. The highest BCUT2D eigenvalue weighted by molar-refractivity contribution is 5.99. The Bertz CT molecular complexity index is 1350. The van der Waals surface area contributed by atoms with Gasteiger partial charge in [0.05, 0.1) is 6.04 Å². The topological polar surface area (TPSA) is 57.7 Å². The van der Waals surface area contributed by atoms with Crippen LogP contribution in [0.2, 0.25) is 0 Å². The van der Waals surface area contributed by atoms with Crippen molar-refractivity contribution in [2.24, 2.45) is 0 Å². The smallest absolute Gasteiger partial charge is 0.254 e. The lowest BCUT2D eigenvalue weighted by atomic mass is 10.1. The van der Waals surface area contributed by atoms with E-state index in [1.807, 2.05) is 103 Å². The van der Waals surface area contributed by atoms with E-state index in [1.54, 1.807) is 29.2 Å². The minimum atomic E-state index is -0.260. The van der Waals surface area contributed by atoms with Crippen LogP contribution in [0.25, 0.3) is 0 Å². The molecule has 192 valence electrons. The van der Waals surface area contributed by atoms with Crippen LogP contribution in [0.1, 0.15) is 57.3 Å². The molecular weight excluding hydrogens is 472 g/mol. The summed E-state index contributed by atoms with van der Waals surface area (Å²) in [5, 5.41) is 0. The molecule has 4 aromatic carbocycles. The molecule has 0 aliphatic carbocycles. The first-order chi connectivity index (χ1) is 18.4. The van der Waals surface area contributed by atoms with Gasteiger partial charge in [-0.05, 0) is 42.7 Å². The predicted octanol–water partition coefficient (Wildman–Crippen LogP) is 6.32. The van der Waals surface area contributed by atoms with Gasteiger partial charge in [-0.15, -0.1) is 0 Å². The SMILES string of the molecule is CC(=O)c1ccc(C(=O)N(CC(=O)N(Cc2ccccc2)[C@@H](C)c2ccccc2)Cc2ccccc2)cc1. The molecular formula is C33H32N2O3. The first kappa shape index (κ1) is 26.6. The van der Waals surface area contributed by atoms with E-state index >= 15 is 0 Å². The maximum Gasteiger partial charge on any atom is 0.254 e. The summed E-state index contributed by atoms with van der Waals surface area (Å²) >= 11 is 0. The highest BCUT2D eigenvalue weighted by atomic mass is 16.2. The van der Waals surface area contributed by atoms with Gasteiger partial charge in [-0.25, -0.2) is 0 Å². The van der Waals surface area contributed by atoms with E-state index in [1.165, 1.54) is 6.92 Å². The van der Waals surface area contributed by atoms with Gasteiger partial charge in [0, 0.05) is 24.2 Å². The summed E-state index contributed by atoms with van der Waals surface area (Å²) in [4.78, 5) is 42.7. The standard InChI is InChI=1S/C33H32N2O3/c1-25(29-16-10-5-11-17-29)35(23-28-14-8-4-9-15-28)32(37)24-34(22-27-12-6-3-7-13-27)33(38)31-20-18-30(19-21-31)26(2)36/h3-21,25H,22-24H2,1-2H3/t25-/m0/s1. The molecule has 0 bridgehead atoms. The van der Waals surface area contributed by atoms with Crippen LogP contribution in [0, 0.1) is 0 Å². The van der Waals surface area contributed by atoms with E-state index in [0.29, 0.717) is 24.2 Å². The summed E-state index contributed by atoms with van der Waals surface area (Å²) in [5.74, 6) is -0.467. The number of ketones is 1. The van der Waals surface area contributed by atoms with Crippen LogP contribution >= 0.6 is 0 Å². The van der Waals surface area contributed by atoms with Crippen LogP contribution in [-0.2, 0) is 17.9 Å². The lowest BCUT2D eigenvalue weighted by molar-refractivity contribution is -0.135. The summed E-state index contributed by atoms with van der Waals surface area (Å²) in [5.41, 5.74) is 3.95. The molecule has 5 heteroatoms. The summed E-state index contributed by atoms with van der Waals surface area (Å²) in [7, 11) is 0. The largest absolute Gasteiger partial charge is 0.330 e. The Morgan fingerprint density at radius 2 is 1.11 bits per heavy atom. The molecule has 2 amide bonds. The van der Waals surface area contributed by atoms with Gasteiger partial charge in [0.1, 0.15) is 6.54 Å². The highest BCUT2D eigenvalue weighted by Crippen LogP contribution is 2.23. The van der Waals surface area contributed by atoms with Crippen LogP contribution in [0.3, 0.4) is 0 Å². The average molecular weight is 505 g/mol. The van der Waals surface area contributed by atoms with Gasteiger partial charge in [-0.2, -0.15) is 0 Å². The van der Waals surface area contributed by atoms with Crippen molar-refractivity contribution >= 4 is 17.6 Å². The maximum atomic E-state index is 13.9. The fraction of sp³-hybridized carbons (Fsp3) is 0.182. The van der Waals surface area contributed by atoms with Crippen LogP contribution in [-0.4, -0.2) is 33.9 Å². The molecule has 0 N–H and O–H groups in total. The van der Waals surface area contributed by atoms with E-state index in [0.717, 1.165) is 16.7 Å². The van der Waals surface area contributed by atoms with Gasteiger partial charge in [0.25, 0.3) is 5.91 Å². The van der Waals surface area contributed by atoms with Crippen molar-refractivity contribution in [3.05, 3.63) is 143 Å². The van der Waals surface area contributed by atoms with E-state index in [4.69, 9.17) is 0 Å². The zero-order valence-corrected chi connectivity index (χ0v) is 21.8. The quantitative estimate of drug-likeness (QED) is 0.237. The maximum absolute atomic E-state index is 13.9. The van der Waals surface area contributed by atoms with Crippen molar-refractivity contribution < 1.29 is 14.4 Å². The number of amides is 2. The zero-order chi connectivity index (χ0) is 26.9. The number of benzene rings is 4. The monoisotopic (exact) mass is 504 g/mol. The van der Waals surface area contributed by atoms with Crippen LogP contribution < -0.4 is 0 Å². The number of Topliss-reactive ketones (excluding diaryl/α,β-unsaturated/α-hetero) is 1. The fourth-order valence-electron chi connectivity index (χ4n) is 4.42. The minimum Gasteiger partial charge on any atom is -0.330 e. The van der Waals surface area contributed by atoms with Gasteiger partial charge < -0.3 is 9.80 Å². The van der Waals surface area contributed by atoms with E-state index < -0.39 is 0 Å². The second-order valence-corrected chi connectivity index (χ2v) is 9.37. The molecule has 0 aliphatic heterocycles. The zero-order valence-electron chi connectivity index (χ0n) is 21.8. The second kappa shape index (κ2) is 12.6. The van der Waals surface area contributed by atoms with Crippen molar-refractivity contribution in [2.75, 3.05) is 6.54 Å². The number of nitrogens with zero attached hydrogens (tertiary/aromatic N) is 2. The van der Waals surface area contributed by atoms with Crippen LogP contribution in [0.4, 0.5) is 0 Å². The first-order valence-corrected chi connectivity index (χ1v) is 12.7. The molecule has 0 fully saturated rings. The number of carbonyl (C=O) groups is 3. The summed E-state index contributed by atoms with van der Waals surface area (Å²) in [6.45, 7) is 4.15. The first-order valence-electron chi connectivity index (χ1n) is 12.7. The lowest BCUT2D eigenvalue weighted by Gasteiger charge is -2.32. The molecule has 0 saturated heterocycles. The average Bonchev–Trinajstić information content (AvgIpc) is 2.96. The Hall–Kier alpha value is -4.51. The van der Waals surface area contributed by atoms with Crippen molar-refractivity contribution in [3.8, 4) is 0 Å². The molecule has 4 aromatic rings. The Labute approximate surface area is 224 Å². The van der Waals surface area contributed by atoms with Gasteiger partial charge >= 0.3 is 0 Å². The van der Waals surface area contributed by atoms with Crippen LogP contribution in [0.5, 0.6) is 0 Å². The third-order valence-electron chi connectivity index (χ3n) is 6.63. The molecule has 0 aliphatic rings. The molecule has 0 unspecified atom stereocenters. The summed E-state index contributed by atoms with van der Waals surface area (Å²) < 4.78 is 0. The molecule has 0 spiro atoms. The van der Waals surface area contributed by atoms with Crippen molar-refractivity contribution in [3.63, 3.8) is 0 Å². The molecule has 0 saturated carbocycles. The summed E-state index contributed by atoms with van der Waals surface area (Å²) in [6, 6.07) is 35.8. The van der Waals surface area contributed by atoms with Gasteiger partial charge in [0.15, 0.2) is 5.78 Å². The third-order valence-corrected chi connectivity index (χ3v) is 6.63. The number of carbonyl (C=O) groups excluding carboxylic acids is 3. The van der Waals surface area contributed by atoms with Crippen molar-refractivity contribution in [2.45, 2.75) is 33.0 Å². The fourth-order valence-corrected chi connectivity index (χ4v) is 4.42. The number of rotatable bonds is 10. The Balaban J connectivity index is 1.63. The second-order valence-electron chi connectivity index (χ2n) is 9.37. The molecule has 0 heterocycles. The van der Waals surface area contributed by atoms with Gasteiger partial charge in [-0.3, -0.25) is 14.4 Å².